The van der Waals surface area contributed by atoms with Gasteiger partial charge < -0.3 is 58.4 Å². The molecule has 16 rings (SSSR count). The molecule has 0 radical (unpaired) electrons. The van der Waals surface area contributed by atoms with Crippen LogP contribution in [0.25, 0.3) is 0 Å². The second-order valence-corrected chi connectivity index (χ2v) is 30.8. The molecule has 3 aliphatic heterocycles. The summed E-state index contributed by atoms with van der Waals surface area (Å²) in [6, 6.07) is 58.8. The van der Waals surface area contributed by atoms with Crippen LogP contribution in [-0.4, -0.2) is 79.7 Å². The van der Waals surface area contributed by atoms with Gasteiger partial charge in [-0.3, -0.25) is 47.9 Å². The number of phenols is 1. The fraction of sp³-hybridized carbons (Fsp3) is 0.172. The lowest BCUT2D eigenvalue weighted by atomic mass is 9.92. The first-order chi connectivity index (χ1) is 62.5. The van der Waals surface area contributed by atoms with E-state index in [1.54, 1.807) is 97.1 Å². The van der Waals surface area contributed by atoms with Gasteiger partial charge in [0, 0.05) is 97.8 Å². The van der Waals surface area contributed by atoms with Crippen LogP contribution in [0.1, 0.15) is 131 Å². The number of aromatic nitrogens is 3. The highest BCUT2D eigenvalue weighted by Crippen LogP contribution is 2.36. The van der Waals surface area contributed by atoms with Crippen molar-refractivity contribution in [2.75, 3.05) is 35.8 Å². The summed E-state index contributed by atoms with van der Waals surface area (Å²) in [4.78, 5) is 127. The number of amides is 3. The lowest BCUT2D eigenvalue weighted by molar-refractivity contribution is -0.132. The van der Waals surface area contributed by atoms with E-state index in [-0.39, 0.29) is 122 Å². The van der Waals surface area contributed by atoms with Gasteiger partial charge in [-0.1, -0.05) is 84.9 Å². The molecule has 3 aliphatic rings. The highest BCUT2D eigenvalue weighted by molar-refractivity contribution is 6.01. The van der Waals surface area contributed by atoms with Crippen LogP contribution in [0.3, 0.4) is 0 Å². The van der Waals surface area contributed by atoms with Crippen LogP contribution in [0.15, 0.2) is 263 Å². The van der Waals surface area contributed by atoms with Crippen molar-refractivity contribution in [1.82, 2.24) is 13.7 Å². The van der Waals surface area contributed by atoms with Crippen molar-refractivity contribution in [1.29, 1.82) is 0 Å². The predicted molar refractivity (Wildman–Crippen MR) is 459 cm³/mol. The summed E-state index contributed by atoms with van der Waals surface area (Å²) in [5, 5.41) is 18.0. The van der Waals surface area contributed by atoms with Gasteiger partial charge in [-0.2, -0.15) is 0 Å². The molecule has 0 fully saturated rings. The Morgan fingerprint density at radius 3 is 0.962 bits per heavy atom. The van der Waals surface area contributed by atoms with Crippen molar-refractivity contribution in [3.05, 3.63) is 405 Å². The van der Waals surface area contributed by atoms with Crippen LogP contribution in [0, 0.1) is 52.4 Å². The lowest BCUT2D eigenvalue weighted by Gasteiger charge is -2.19. The number of fused-ring (bicyclic) bond motifs is 3. The molecule has 13 aromatic rings. The van der Waals surface area contributed by atoms with Crippen LogP contribution < -0.4 is 56.3 Å². The molecule has 6 heterocycles. The van der Waals surface area contributed by atoms with Gasteiger partial charge in [0.05, 0.1) is 75.4 Å². The Balaban J connectivity index is 0.000000158. The Morgan fingerprint density at radius 2 is 0.646 bits per heavy atom. The summed E-state index contributed by atoms with van der Waals surface area (Å²) in [5.41, 5.74) is 5.36. The number of Topliss-reactive ketones (excluding diaryl/α,β-unsaturated/α-hetero) is 3. The molecule has 4 N–H and O–H groups in total. The zero-order valence-corrected chi connectivity index (χ0v) is 68.9. The maximum atomic E-state index is 13.8. The van der Waals surface area contributed by atoms with Gasteiger partial charge >= 0.3 is 5.97 Å². The number of esters is 1. The molecule has 0 saturated carbocycles. The largest absolute Gasteiger partial charge is 0.508 e. The van der Waals surface area contributed by atoms with Gasteiger partial charge in [-0.15, -0.1) is 0 Å². The Kier molecular flexibility index (Phi) is 28.4. The number of hydrogen-bond acceptors (Lipinski definition) is 16. The summed E-state index contributed by atoms with van der Waals surface area (Å²) in [6.07, 6.45) is 4.63. The van der Waals surface area contributed by atoms with Gasteiger partial charge in [0.1, 0.15) is 41.1 Å². The molecule has 0 aliphatic carbocycles. The van der Waals surface area contributed by atoms with E-state index in [9.17, 15) is 92.6 Å². The number of carbonyl (C=O) groups excluding carboxylic acids is 7. The third kappa shape index (κ3) is 22.8. The number of ketones is 3. The molecule has 0 bridgehead atoms. The molecule has 130 heavy (non-hydrogen) atoms. The van der Waals surface area contributed by atoms with E-state index in [1.165, 1.54) is 74.0 Å². The molecular weight excluding hydrogens is 1700 g/mol. The predicted octanol–water partition coefficient (Wildman–Crippen LogP) is 16.9. The Bertz CT molecular complexity index is 6640. The molecule has 662 valence electrons. The number of pyridine rings is 3. The molecule has 3 atom stereocenters. The summed E-state index contributed by atoms with van der Waals surface area (Å²) >= 11 is 0. The number of nitrogens with zero attached hydrogens (tertiary/aromatic N) is 3. The first kappa shape index (κ1) is 90.6. The van der Waals surface area contributed by atoms with E-state index >= 15 is 0 Å². The van der Waals surface area contributed by atoms with E-state index in [0.717, 1.165) is 77.9 Å². The van der Waals surface area contributed by atoms with Gasteiger partial charge in [0.25, 0.3) is 16.7 Å². The number of anilines is 3. The molecule has 0 spiro atoms. The fourth-order valence-corrected chi connectivity index (χ4v) is 14.9. The Morgan fingerprint density at radius 1 is 0.346 bits per heavy atom. The Labute approximate surface area is 734 Å². The number of aromatic hydroxyl groups is 1. The summed E-state index contributed by atoms with van der Waals surface area (Å²) < 4.78 is 155. The first-order valence-electron chi connectivity index (χ1n) is 40.6. The SMILES string of the molecule is CC(=O)Oc1ccc([C@H](COc2ccc3c(c2)NC(=O)C3)CC(=O)c2cccn(Cc3cc(F)c(F)c(F)c3)c2=O)cc1.O=C1Cc2ccc(OC[C@H](CC(=O)c3cccn(Cc4cc(F)c(F)c(F)c4)c3=O)c3ccc(O)cc3)cc2N1.O=C1Cc2ccc(OC[C@H](CC(=O)c3cccn(Cc4cc(F)c(F)c(F)c4)c3=O)c3ccc(OCc4ccccc4)cc3)cc2N1. The molecular formula is C99H77F9N6O16. The van der Waals surface area contributed by atoms with Crippen molar-refractivity contribution in [2.45, 2.75) is 89.4 Å². The first-order valence-corrected chi connectivity index (χ1v) is 40.6. The molecule has 3 aromatic heterocycles. The fourth-order valence-electron chi connectivity index (χ4n) is 14.9. The smallest absolute Gasteiger partial charge is 0.308 e. The van der Waals surface area contributed by atoms with Crippen LogP contribution in [-0.2, 0) is 64.7 Å². The number of benzene rings is 10. The van der Waals surface area contributed by atoms with E-state index in [4.69, 9.17) is 23.7 Å². The minimum atomic E-state index is -1.61. The molecule has 3 amide bonds. The number of carbonyl (C=O) groups is 7. The molecule has 22 nitrogen and oxygen atoms in total. The number of phenolic OH excluding ortho intramolecular Hbond substituents is 1. The third-order valence-corrected chi connectivity index (χ3v) is 21.5. The van der Waals surface area contributed by atoms with Crippen molar-refractivity contribution >= 4 is 58.1 Å². The van der Waals surface area contributed by atoms with Crippen LogP contribution in [0.4, 0.5) is 56.6 Å². The average Bonchev–Trinajstić information content (AvgIpc) is 1.13. The molecule has 0 saturated heterocycles. The third-order valence-electron chi connectivity index (χ3n) is 21.5. The van der Waals surface area contributed by atoms with Crippen LogP contribution in [0.2, 0.25) is 0 Å². The summed E-state index contributed by atoms with van der Waals surface area (Å²) in [7, 11) is 0. The highest BCUT2D eigenvalue weighted by atomic mass is 19.2. The number of hydrogen-bond donors (Lipinski definition) is 4. The molecule has 31 heteroatoms. The second kappa shape index (κ2) is 40.7. The quantitative estimate of drug-likeness (QED) is 0.0103. The van der Waals surface area contributed by atoms with E-state index in [1.807, 2.05) is 48.5 Å². The van der Waals surface area contributed by atoms with E-state index < -0.39 is 110 Å². The minimum Gasteiger partial charge on any atom is -0.508 e. The van der Waals surface area contributed by atoms with Gasteiger partial charge in [-0.05, 0) is 183 Å². The Hall–Kier alpha value is -15.7. The lowest BCUT2D eigenvalue weighted by Crippen LogP contribution is -2.27. The number of halogens is 9. The zero-order valence-electron chi connectivity index (χ0n) is 68.9. The number of rotatable bonds is 31. The van der Waals surface area contributed by atoms with E-state index in [0.29, 0.717) is 76.4 Å². The molecule has 0 unspecified atom stereocenters. The monoisotopic (exact) mass is 1780 g/mol. The second-order valence-electron chi connectivity index (χ2n) is 30.8. The maximum absolute atomic E-state index is 13.8. The van der Waals surface area contributed by atoms with Crippen molar-refractivity contribution in [3.63, 3.8) is 0 Å². The van der Waals surface area contributed by atoms with E-state index in [2.05, 4.69) is 16.0 Å². The highest BCUT2D eigenvalue weighted by Gasteiger charge is 2.29. The topological polar surface area (TPSA) is 288 Å². The zero-order chi connectivity index (χ0) is 92.0. The number of nitrogens with one attached hydrogen (secondary N) is 3. The standard InChI is InChI=1S/C37H29F3N2O5.C32H25F3N2O6.C30H23F3N2O5/c38-31-15-24(16-32(39)36(31)40)20-42-14-4-7-30(37(42)45)34(43)17-27(22-47-29-13-10-26-18-35(44)41-33(26)19-29)25-8-11-28(12-9-25)46-21-23-5-2-1-3-6-23;1-18(38)43-23-7-4-20(5-8-23)22(17-42-24-9-6-21-14-30(40)36-28(21)15-24)13-29(39)25-3-2-10-37(32(25)41)16-19-11-26(33)31(35)27(34)12-19;31-24-10-17(11-25(32)29(24)33)15-35-9-1-2-23(30(35)39)27(37)12-20(18-3-6-21(36)7-4-18)16-40-22-8-5-19-13-28(38)34-26(19)14-22/h1-16,19,27H,17-18,20-22H2,(H,41,44);2-12,15,22H,13-14,16-17H2,1H3,(H,36,40);1-11,14,20,36H,12-13,15-16H2,(H,34,38)/t27-;22-;20-/m000/s1. The van der Waals surface area contributed by atoms with Gasteiger partial charge in [-0.25, -0.2) is 39.5 Å². The number of ether oxygens (including phenoxy) is 5. The summed E-state index contributed by atoms with van der Waals surface area (Å²) in [6.45, 7) is 1.01. The van der Waals surface area contributed by atoms with Crippen molar-refractivity contribution < 1.29 is 102 Å². The van der Waals surface area contributed by atoms with Crippen LogP contribution >= 0.6 is 0 Å². The minimum absolute atomic E-state index is 0.00720. The van der Waals surface area contributed by atoms with Crippen LogP contribution in [0.5, 0.6) is 34.5 Å². The normalized spacial score (nSPS) is 12.8. The van der Waals surface area contributed by atoms with Gasteiger partial charge in [0.15, 0.2) is 69.7 Å². The molecule has 10 aromatic carbocycles. The average molecular weight is 1780 g/mol. The summed E-state index contributed by atoms with van der Waals surface area (Å²) in [5.74, 6) is -14.4. The van der Waals surface area contributed by atoms with Crippen molar-refractivity contribution in [2.24, 2.45) is 0 Å². The van der Waals surface area contributed by atoms with Gasteiger partial charge in [0.2, 0.25) is 17.7 Å². The maximum Gasteiger partial charge on any atom is 0.308 e. The van der Waals surface area contributed by atoms with Crippen molar-refractivity contribution in [3.8, 4) is 34.5 Å².